The highest BCUT2D eigenvalue weighted by molar-refractivity contribution is 5.56. The average Bonchev–Trinajstić information content (AvgIpc) is 2.97. The molecule has 0 spiro atoms. The van der Waals surface area contributed by atoms with Gasteiger partial charge in [0.05, 0.1) is 5.69 Å². The summed E-state index contributed by atoms with van der Waals surface area (Å²) in [5.41, 5.74) is 1.94. The Morgan fingerprint density at radius 1 is 1.26 bits per heavy atom. The fraction of sp³-hybridized carbons (Fsp3) is 0.625. The van der Waals surface area contributed by atoms with Crippen molar-refractivity contribution < 1.29 is 4.39 Å². The van der Waals surface area contributed by atoms with Gasteiger partial charge in [-0.25, -0.2) is 4.39 Å². The van der Waals surface area contributed by atoms with Gasteiger partial charge in [-0.05, 0) is 42.9 Å². The van der Waals surface area contributed by atoms with E-state index >= 15 is 0 Å². The van der Waals surface area contributed by atoms with Gasteiger partial charge in [-0.3, -0.25) is 0 Å². The lowest BCUT2D eigenvalue weighted by atomic mass is 10.0. The van der Waals surface area contributed by atoms with Crippen molar-refractivity contribution >= 4 is 5.69 Å². The standard InChI is InChI=1S/C16H23FN2/c1-2-18-9-12-5-4-8-15(17)16(12)19-10-13-6-3-7-14(13)11-19/h4-5,8,13-14,18H,2-3,6-7,9-11H2,1H3. The molecule has 3 rings (SSSR count). The molecule has 1 heterocycles. The number of nitrogens with one attached hydrogen (secondary N) is 1. The van der Waals surface area contributed by atoms with Crippen LogP contribution < -0.4 is 10.2 Å². The number of hydrogen-bond acceptors (Lipinski definition) is 2. The summed E-state index contributed by atoms with van der Waals surface area (Å²) < 4.78 is 14.2. The number of rotatable bonds is 4. The second-order valence-corrected chi connectivity index (χ2v) is 5.88. The van der Waals surface area contributed by atoms with Crippen LogP contribution in [0.5, 0.6) is 0 Å². The van der Waals surface area contributed by atoms with Crippen molar-refractivity contribution in [2.24, 2.45) is 11.8 Å². The van der Waals surface area contributed by atoms with Crippen molar-refractivity contribution in [1.29, 1.82) is 0 Å². The molecular weight excluding hydrogens is 239 g/mol. The Morgan fingerprint density at radius 3 is 2.68 bits per heavy atom. The molecule has 2 nitrogen and oxygen atoms in total. The van der Waals surface area contributed by atoms with Crippen LogP contribution >= 0.6 is 0 Å². The third-order valence-electron chi connectivity index (χ3n) is 4.68. The second kappa shape index (κ2) is 5.49. The van der Waals surface area contributed by atoms with Crippen molar-refractivity contribution in [3.63, 3.8) is 0 Å². The number of anilines is 1. The van der Waals surface area contributed by atoms with Crippen molar-refractivity contribution in [3.05, 3.63) is 29.6 Å². The van der Waals surface area contributed by atoms with Gasteiger partial charge in [0.2, 0.25) is 0 Å². The molecule has 19 heavy (non-hydrogen) atoms. The molecule has 2 fully saturated rings. The van der Waals surface area contributed by atoms with Crippen LogP contribution in [-0.2, 0) is 6.54 Å². The molecule has 2 unspecified atom stereocenters. The van der Waals surface area contributed by atoms with Gasteiger partial charge in [0.1, 0.15) is 5.82 Å². The van der Waals surface area contributed by atoms with Crippen LogP contribution in [-0.4, -0.2) is 19.6 Å². The molecule has 0 aromatic heterocycles. The van der Waals surface area contributed by atoms with Crippen LogP contribution in [0.1, 0.15) is 31.7 Å². The zero-order valence-electron chi connectivity index (χ0n) is 11.7. The highest BCUT2D eigenvalue weighted by Crippen LogP contribution is 2.41. The maximum Gasteiger partial charge on any atom is 0.146 e. The van der Waals surface area contributed by atoms with E-state index in [4.69, 9.17) is 0 Å². The largest absolute Gasteiger partial charge is 0.368 e. The third-order valence-corrected chi connectivity index (χ3v) is 4.68. The highest BCUT2D eigenvalue weighted by atomic mass is 19.1. The summed E-state index contributed by atoms with van der Waals surface area (Å²) in [5.74, 6) is 1.54. The van der Waals surface area contributed by atoms with E-state index < -0.39 is 0 Å². The number of hydrogen-bond donors (Lipinski definition) is 1. The van der Waals surface area contributed by atoms with Gasteiger partial charge in [0, 0.05) is 19.6 Å². The monoisotopic (exact) mass is 262 g/mol. The molecule has 0 radical (unpaired) electrons. The first-order valence-electron chi connectivity index (χ1n) is 7.52. The van der Waals surface area contributed by atoms with E-state index in [2.05, 4.69) is 23.2 Å². The quantitative estimate of drug-likeness (QED) is 0.896. The summed E-state index contributed by atoms with van der Waals surface area (Å²) in [5, 5.41) is 3.31. The Hall–Kier alpha value is -1.09. The highest BCUT2D eigenvalue weighted by Gasteiger charge is 2.37. The van der Waals surface area contributed by atoms with E-state index in [-0.39, 0.29) is 5.82 Å². The minimum atomic E-state index is -0.0598. The van der Waals surface area contributed by atoms with Crippen LogP contribution in [0.25, 0.3) is 0 Å². The summed E-state index contributed by atoms with van der Waals surface area (Å²) in [4.78, 5) is 2.29. The number of fused-ring (bicyclic) bond motifs is 1. The van der Waals surface area contributed by atoms with Gasteiger partial charge in [0.25, 0.3) is 0 Å². The van der Waals surface area contributed by atoms with E-state index in [1.807, 2.05) is 6.07 Å². The van der Waals surface area contributed by atoms with Crippen LogP contribution in [0.15, 0.2) is 18.2 Å². The summed E-state index contributed by atoms with van der Waals surface area (Å²) >= 11 is 0. The first kappa shape index (κ1) is 12.9. The molecule has 3 heteroatoms. The molecule has 1 aromatic carbocycles. The lowest BCUT2D eigenvalue weighted by molar-refractivity contribution is 0.494. The van der Waals surface area contributed by atoms with Gasteiger partial charge < -0.3 is 10.2 Å². The second-order valence-electron chi connectivity index (χ2n) is 5.88. The van der Waals surface area contributed by atoms with E-state index in [1.54, 1.807) is 6.07 Å². The Morgan fingerprint density at radius 2 is 2.00 bits per heavy atom. The first-order chi connectivity index (χ1) is 9.29. The van der Waals surface area contributed by atoms with E-state index in [9.17, 15) is 4.39 Å². The Kier molecular flexibility index (Phi) is 3.74. The SMILES string of the molecule is CCNCc1cccc(F)c1N1CC2CCCC2C1. The van der Waals surface area contributed by atoms with Crippen molar-refractivity contribution in [2.75, 3.05) is 24.5 Å². The maximum absolute atomic E-state index is 14.2. The zero-order valence-corrected chi connectivity index (χ0v) is 11.7. The number of halogens is 1. The minimum Gasteiger partial charge on any atom is -0.368 e. The van der Waals surface area contributed by atoms with E-state index in [0.29, 0.717) is 0 Å². The van der Waals surface area contributed by atoms with Crippen molar-refractivity contribution in [1.82, 2.24) is 5.32 Å². The molecule has 1 saturated carbocycles. The molecule has 104 valence electrons. The summed E-state index contributed by atoms with van der Waals surface area (Å²) in [6.07, 6.45) is 4.03. The van der Waals surface area contributed by atoms with Crippen molar-refractivity contribution in [3.8, 4) is 0 Å². The maximum atomic E-state index is 14.2. The predicted molar refractivity (Wildman–Crippen MR) is 76.8 cm³/mol. The predicted octanol–water partition coefficient (Wildman–Crippen LogP) is 3.17. The Labute approximate surface area is 115 Å². The Bertz CT molecular complexity index is 434. The number of para-hydroxylation sites is 1. The van der Waals surface area contributed by atoms with Gasteiger partial charge >= 0.3 is 0 Å². The summed E-state index contributed by atoms with van der Waals surface area (Å²) in [6, 6.07) is 5.47. The fourth-order valence-electron chi connectivity index (χ4n) is 3.73. The molecule has 0 bridgehead atoms. The Balaban J connectivity index is 1.83. The molecular formula is C16H23FN2. The molecule has 1 aromatic rings. The first-order valence-corrected chi connectivity index (χ1v) is 7.52. The molecule has 1 aliphatic carbocycles. The topological polar surface area (TPSA) is 15.3 Å². The van der Waals surface area contributed by atoms with Crippen LogP contribution in [0.2, 0.25) is 0 Å². The third kappa shape index (κ3) is 2.48. The number of benzene rings is 1. The van der Waals surface area contributed by atoms with Crippen LogP contribution in [0.4, 0.5) is 10.1 Å². The normalized spacial score (nSPS) is 25.9. The summed E-state index contributed by atoms with van der Waals surface area (Å²) in [6.45, 7) is 5.85. The smallest absolute Gasteiger partial charge is 0.146 e. The van der Waals surface area contributed by atoms with Gasteiger partial charge in [-0.2, -0.15) is 0 Å². The van der Waals surface area contributed by atoms with E-state index in [0.717, 1.165) is 49.3 Å². The minimum absolute atomic E-state index is 0.0598. The molecule has 1 aliphatic heterocycles. The lowest BCUT2D eigenvalue weighted by Crippen LogP contribution is -2.25. The molecule has 2 atom stereocenters. The lowest BCUT2D eigenvalue weighted by Gasteiger charge is -2.23. The molecule has 1 N–H and O–H groups in total. The molecule has 0 amide bonds. The molecule has 2 aliphatic rings. The van der Waals surface area contributed by atoms with Crippen LogP contribution in [0.3, 0.4) is 0 Å². The molecule has 1 saturated heterocycles. The van der Waals surface area contributed by atoms with Crippen LogP contribution in [0, 0.1) is 17.7 Å². The zero-order chi connectivity index (χ0) is 13.2. The van der Waals surface area contributed by atoms with Gasteiger partial charge in [-0.1, -0.05) is 25.5 Å². The van der Waals surface area contributed by atoms with Gasteiger partial charge in [0.15, 0.2) is 0 Å². The van der Waals surface area contributed by atoms with Crippen molar-refractivity contribution in [2.45, 2.75) is 32.7 Å². The average molecular weight is 262 g/mol. The van der Waals surface area contributed by atoms with E-state index in [1.165, 1.54) is 19.3 Å². The summed E-state index contributed by atoms with van der Waals surface area (Å²) in [7, 11) is 0. The fourth-order valence-corrected chi connectivity index (χ4v) is 3.73. The number of nitrogens with zero attached hydrogens (tertiary/aromatic N) is 1. The van der Waals surface area contributed by atoms with Gasteiger partial charge in [-0.15, -0.1) is 0 Å².